The molecule has 116 valence electrons. The number of carbonyl (C=O) groups is 1. The summed E-state index contributed by atoms with van der Waals surface area (Å²) in [5, 5.41) is 3.33. The van der Waals surface area contributed by atoms with Gasteiger partial charge in [0.2, 0.25) is 5.91 Å². The van der Waals surface area contributed by atoms with Crippen molar-refractivity contribution in [1.82, 2.24) is 9.55 Å². The molecule has 0 fully saturated rings. The molecular formula is C17H14BrN3O2. The minimum atomic E-state index is -0.149. The molecule has 3 rings (SSSR count). The summed E-state index contributed by atoms with van der Waals surface area (Å²) in [6.07, 6.45) is 1.68. The standard InChI is InChI=1S/C17H14BrN3O2/c18-12-6-7-15-14(10-12)17(23)21(11-19-15)9-8-16(22)20-13-4-2-1-3-5-13/h1-7,10-11H,8-9H2,(H,20,22). The molecule has 3 aromatic rings. The molecule has 0 saturated carbocycles. The number of para-hydroxylation sites is 1. The van der Waals surface area contributed by atoms with Crippen LogP contribution >= 0.6 is 15.9 Å². The number of nitrogens with zero attached hydrogens (tertiary/aromatic N) is 2. The third-order valence-electron chi connectivity index (χ3n) is 3.42. The summed E-state index contributed by atoms with van der Waals surface area (Å²) < 4.78 is 2.28. The van der Waals surface area contributed by atoms with Gasteiger partial charge in [0.1, 0.15) is 0 Å². The van der Waals surface area contributed by atoms with Crippen LogP contribution < -0.4 is 10.9 Å². The zero-order valence-electron chi connectivity index (χ0n) is 12.2. The Labute approximate surface area is 141 Å². The van der Waals surface area contributed by atoms with E-state index >= 15 is 0 Å². The summed E-state index contributed by atoms with van der Waals surface area (Å²) in [6, 6.07) is 14.6. The number of carbonyl (C=O) groups excluding carboxylic acids is 1. The first-order valence-electron chi connectivity index (χ1n) is 7.13. The van der Waals surface area contributed by atoms with Crippen LogP contribution in [0.5, 0.6) is 0 Å². The number of anilines is 1. The second-order valence-corrected chi connectivity index (χ2v) is 5.98. The van der Waals surface area contributed by atoms with Crippen molar-refractivity contribution in [2.24, 2.45) is 0 Å². The maximum absolute atomic E-state index is 12.4. The predicted molar refractivity (Wildman–Crippen MR) is 93.4 cm³/mol. The average Bonchev–Trinajstić information content (AvgIpc) is 2.56. The van der Waals surface area contributed by atoms with Gasteiger partial charge in [0.25, 0.3) is 5.56 Å². The SMILES string of the molecule is O=C(CCn1cnc2ccc(Br)cc2c1=O)Nc1ccccc1. The van der Waals surface area contributed by atoms with E-state index in [0.717, 1.165) is 10.2 Å². The largest absolute Gasteiger partial charge is 0.326 e. The Hall–Kier alpha value is -2.47. The Morgan fingerprint density at radius 2 is 1.96 bits per heavy atom. The number of aromatic nitrogens is 2. The quantitative estimate of drug-likeness (QED) is 0.765. The number of halogens is 1. The van der Waals surface area contributed by atoms with E-state index in [1.807, 2.05) is 36.4 Å². The zero-order valence-corrected chi connectivity index (χ0v) is 13.8. The molecular weight excluding hydrogens is 358 g/mol. The molecule has 2 aromatic carbocycles. The number of hydrogen-bond acceptors (Lipinski definition) is 3. The Kier molecular flexibility index (Phi) is 4.52. The third kappa shape index (κ3) is 3.65. The highest BCUT2D eigenvalue weighted by atomic mass is 79.9. The van der Waals surface area contributed by atoms with Gasteiger partial charge in [0, 0.05) is 23.1 Å². The molecule has 0 atom stereocenters. The highest BCUT2D eigenvalue weighted by molar-refractivity contribution is 9.10. The second-order valence-electron chi connectivity index (χ2n) is 5.07. The van der Waals surface area contributed by atoms with Gasteiger partial charge in [-0.2, -0.15) is 0 Å². The third-order valence-corrected chi connectivity index (χ3v) is 3.92. The van der Waals surface area contributed by atoms with E-state index in [0.29, 0.717) is 10.9 Å². The molecule has 0 spiro atoms. The van der Waals surface area contributed by atoms with Crippen molar-refractivity contribution >= 4 is 38.4 Å². The number of amides is 1. The Balaban J connectivity index is 1.73. The number of rotatable bonds is 4. The van der Waals surface area contributed by atoms with Crippen LogP contribution in [0.15, 0.2) is 64.1 Å². The molecule has 0 saturated heterocycles. The lowest BCUT2D eigenvalue weighted by Gasteiger charge is -2.08. The molecule has 5 nitrogen and oxygen atoms in total. The van der Waals surface area contributed by atoms with Crippen molar-refractivity contribution in [1.29, 1.82) is 0 Å². The monoisotopic (exact) mass is 371 g/mol. The summed E-state index contributed by atoms with van der Waals surface area (Å²) >= 11 is 3.35. The average molecular weight is 372 g/mol. The van der Waals surface area contributed by atoms with Gasteiger partial charge in [0.15, 0.2) is 0 Å². The van der Waals surface area contributed by atoms with E-state index in [-0.39, 0.29) is 24.4 Å². The number of nitrogens with one attached hydrogen (secondary N) is 1. The highest BCUT2D eigenvalue weighted by Crippen LogP contribution is 2.14. The first-order chi connectivity index (χ1) is 11.1. The molecule has 0 radical (unpaired) electrons. The van der Waals surface area contributed by atoms with Crippen molar-refractivity contribution in [3.8, 4) is 0 Å². The predicted octanol–water partition coefficient (Wildman–Crippen LogP) is 3.19. The van der Waals surface area contributed by atoms with Crippen LogP contribution in [0, 0.1) is 0 Å². The van der Waals surface area contributed by atoms with Crippen molar-refractivity contribution in [2.75, 3.05) is 5.32 Å². The number of fused-ring (bicyclic) bond motifs is 1. The van der Waals surface area contributed by atoms with Crippen LogP contribution in [0.25, 0.3) is 10.9 Å². The Morgan fingerprint density at radius 1 is 1.17 bits per heavy atom. The lowest BCUT2D eigenvalue weighted by Crippen LogP contribution is -2.23. The first kappa shape index (κ1) is 15.4. The molecule has 1 aromatic heterocycles. The van der Waals surface area contributed by atoms with Crippen molar-refractivity contribution in [3.05, 3.63) is 69.7 Å². The van der Waals surface area contributed by atoms with E-state index < -0.39 is 0 Å². The van der Waals surface area contributed by atoms with E-state index in [1.165, 1.54) is 10.9 Å². The summed E-state index contributed by atoms with van der Waals surface area (Å²) in [4.78, 5) is 28.6. The van der Waals surface area contributed by atoms with Gasteiger partial charge in [-0.25, -0.2) is 4.98 Å². The number of hydrogen-bond donors (Lipinski definition) is 1. The topological polar surface area (TPSA) is 64.0 Å². The van der Waals surface area contributed by atoms with Gasteiger partial charge in [-0.3, -0.25) is 14.2 Å². The fraction of sp³-hybridized carbons (Fsp3) is 0.118. The minimum Gasteiger partial charge on any atom is -0.326 e. The van der Waals surface area contributed by atoms with Crippen molar-refractivity contribution < 1.29 is 4.79 Å². The lowest BCUT2D eigenvalue weighted by atomic mass is 10.2. The van der Waals surface area contributed by atoms with Crippen LogP contribution in [0.3, 0.4) is 0 Å². The maximum Gasteiger partial charge on any atom is 0.261 e. The maximum atomic E-state index is 12.4. The van der Waals surface area contributed by atoms with Gasteiger partial charge in [-0.1, -0.05) is 34.1 Å². The first-order valence-corrected chi connectivity index (χ1v) is 7.92. The molecule has 23 heavy (non-hydrogen) atoms. The number of benzene rings is 2. The molecule has 1 heterocycles. The van der Waals surface area contributed by atoms with E-state index in [4.69, 9.17) is 0 Å². The number of aryl methyl sites for hydroxylation is 1. The van der Waals surface area contributed by atoms with E-state index in [9.17, 15) is 9.59 Å². The van der Waals surface area contributed by atoms with E-state index in [1.54, 1.807) is 12.1 Å². The molecule has 0 unspecified atom stereocenters. The molecule has 6 heteroatoms. The van der Waals surface area contributed by atoms with Crippen LogP contribution in [0.2, 0.25) is 0 Å². The summed E-state index contributed by atoms with van der Waals surface area (Å²) in [7, 11) is 0. The smallest absolute Gasteiger partial charge is 0.261 e. The fourth-order valence-corrected chi connectivity index (χ4v) is 2.62. The van der Waals surface area contributed by atoms with Crippen LogP contribution in [-0.4, -0.2) is 15.5 Å². The van der Waals surface area contributed by atoms with Crippen LogP contribution in [0.4, 0.5) is 5.69 Å². The van der Waals surface area contributed by atoms with Gasteiger partial charge >= 0.3 is 0 Å². The Bertz CT molecular complexity index is 907. The van der Waals surface area contributed by atoms with Crippen molar-refractivity contribution in [2.45, 2.75) is 13.0 Å². The second kappa shape index (κ2) is 6.75. The molecule has 1 amide bonds. The summed E-state index contributed by atoms with van der Waals surface area (Å²) in [5.74, 6) is -0.141. The highest BCUT2D eigenvalue weighted by Gasteiger charge is 2.07. The lowest BCUT2D eigenvalue weighted by molar-refractivity contribution is -0.116. The van der Waals surface area contributed by atoms with Gasteiger partial charge in [-0.05, 0) is 30.3 Å². The van der Waals surface area contributed by atoms with Gasteiger partial charge in [0.05, 0.1) is 17.2 Å². The minimum absolute atomic E-state index is 0.141. The van der Waals surface area contributed by atoms with Crippen molar-refractivity contribution in [3.63, 3.8) is 0 Å². The van der Waals surface area contributed by atoms with Gasteiger partial charge in [-0.15, -0.1) is 0 Å². The van der Waals surface area contributed by atoms with E-state index in [2.05, 4.69) is 26.2 Å². The molecule has 0 bridgehead atoms. The summed E-state index contributed by atoms with van der Waals surface area (Å²) in [6.45, 7) is 0.285. The van der Waals surface area contributed by atoms with Gasteiger partial charge < -0.3 is 5.32 Å². The van der Waals surface area contributed by atoms with Crippen LogP contribution in [0.1, 0.15) is 6.42 Å². The normalized spacial score (nSPS) is 10.7. The molecule has 0 aliphatic heterocycles. The Morgan fingerprint density at radius 3 is 2.74 bits per heavy atom. The summed E-state index contributed by atoms with van der Waals surface area (Å²) in [5.41, 5.74) is 1.23. The molecule has 0 aliphatic rings. The van der Waals surface area contributed by atoms with Crippen LogP contribution in [-0.2, 0) is 11.3 Å². The fourth-order valence-electron chi connectivity index (χ4n) is 2.26. The molecule has 0 aliphatic carbocycles. The molecule has 1 N–H and O–H groups in total. The zero-order chi connectivity index (χ0) is 16.2.